The van der Waals surface area contributed by atoms with Crippen molar-refractivity contribution in [2.24, 2.45) is 0 Å². The predicted octanol–water partition coefficient (Wildman–Crippen LogP) is 2.11. The molecular weight excluding hydrogens is 364 g/mol. The molecule has 8 nitrogen and oxygen atoms in total. The number of nitrogens with zero attached hydrogens (tertiary/aromatic N) is 3. The summed E-state index contributed by atoms with van der Waals surface area (Å²) in [5.41, 5.74) is 0.488. The molecule has 1 aliphatic heterocycles. The Bertz CT molecular complexity index is 853. The lowest BCUT2D eigenvalue weighted by atomic mass is 10.3. The fraction of sp³-hybridized carbons (Fsp3) is 0.533. The Hall–Kier alpha value is -1.78. The highest BCUT2D eigenvalue weighted by molar-refractivity contribution is 7.91. The van der Waals surface area contributed by atoms with Gasteiger partial charge in [0.05, 0.1) is 5.56 Å². The zero-order valence-corrected chi connectivity index (χ0v) is 15.7. The first-order valence-electron chi connectivity index (χ1n) is 8.14. The van der Waals surface area contributed by atoms with E-state index in [4.69, 9.17) is 4.42 Å². The van der Waals surface area contributed by atoms with Crippen molar-refractivity contribution in [1.82, 2.24) is 19.8 Å². The number of likely N-dealkylation sites (tertiary alicyclic amines) is 1. The second-order valence-electron chi connectivity index (χ2n) is 6.00. The number of carbonyl (C=O) groups is 1. The molecule has 3 heterocycles. The maximum atomic E-state index is 12.3. The van der Waals surface area contributed by atoms with E-state index in [9.17, 15) is 13.2 Å². The molecule has 2 aromatic heterocycles. The lowest BCUT2D eigenvalue weighted by Crippen LogP contribution is -2.31. The van der Waals surface area contributed by atoms with Crippen LogP contribution < -0.4 is 4.72 Å². The van der Waals surface area contributed by atoms with Crippen LogP contribution >= 0.6 is 11.3 Å². The first kappa shape index (κ1) is 18.0. The van der Waals surface area contributed by atoms with Crippen molar-refractivity contribution in [1.29, 1.82) is 0 Å². The Morgan fingerprint density at radius 1 is 1.40 bits per heavy atom. The summed E-state index contributed by atoms with van der Waals surface area (Å²) in [5, 5.41) is 9.31. The minimum absolute atomic E-state index is 0.0646. The second-order valence-corrected chi connectivity index (χ2v) is 8.85. The van der Waals surface area contributed by atoms with Crippen LogP contribution in [0.4, 0.5) is 0 Å². The fourth-order valence-electron chi connectivity index (χ4n) is 2.46. The topological polar surface area (TPSA) is 105 Å². The Balaban J connectivity index is 1.78. The lowest BCUT2D eigenvalue weighted by molar-refractivity contribution is 0.0754. The molecule has 0 saturated carbocycles. The third-order valence-corrected chi connectivity index (χ3v) is 7.09. The van der Waals surface area contributed by atoms with Gasteiger partial charge in [-0.3, -0.25) is 4.79 Å². The van der Waals surface area contributed by atoms with Crippen molar-refractivity contribution in [3.63, 3.8) is 0 Å². The first-order valence-corrected chi connectivity index (χ1v) is 10.5. The molecule has 3 rings (SSSR count). The van der Waals surface area contributed by atoms with Crippen LogP contribution in [0.3, 0.4) is 0 Å². The SMILES string of the molecule is CC[C@@H](C)NS(=O)(=O)c1cc(-c2nnc(C(=O)N3CCCC3)o2)cs1. The summed E-state index contributed by atoms with van der Waals surface area (Å²) >= 11 is 1.07. The summed E-state index contributed by atoms with van der Waals surface area (Å²) in [4.78, 5) is 13.9. The van der Waals surface area contributed by atoms with Crippen molar-refractivity contribution >= 4 is 27.3 Å². The number of hydrogen-bond donors (Lipinski definition) is 1. The van der Waals surface area contributed by atoms with E-state index in [0.29, 0.717) is 25.1 Å². The van der Waals surface area contributed by atoms with Crippen LogP contribution in [0, 0.1) is 0 Å². The molecule has 1 saturated heterocycles. The molecule has 1 N–H and O–H groups in total. The zero-order chi connectivity index (χ0) is 18.0. The van der Waals surface area contributed by atoms with Gasteiger partial charge in [0.15, 0.2) is 0 Å². The van der Waals surface area contributed by atoms with Gasteiger partial charge in [0.1, 0.15) is 4.21 Å². The van der Waals surface area contributed by atoms with E-state index >= 15 is 0 Å². The quantitative estimate of drug-likeness (QED) is 0.818. The van der Waals surface area contributed by atoms with Crippen molar-refractivity contribution in [3.05, 3.63) is 17.3 Å². The van der Waals surface area contributed by atoms with Crippen molar-refractivity contribution < 1.29 is 17.6 Å². The Morgan fingerprint density at radius 3 is 2.80 bits per heavy atom. The summed E-state index contributed by atoms with van der Waals surface area (Å²) in [6.45, 7) is 5.10. The third kappa shape index (κ3) is 3.91. The number of carbonyl (C=O) groups excluding carboxylic acids is 1. The maximum Gasteiger partial charge on any atom is 0.311 e. The Morgan fingerprint density at radius 2 is 2.12 bits per heavy atom. The van der Waals surface area contributed by atoms with E-state index in [-0.39, 0.29) is 27.9 Å². The highest BCUT2D eigenvalue weighted by atomic mass is 32.2. The Labute approximate surface area is 150 Å². The van der Waals surface area contributed by atoms with Gasteiger partial charge in [-0.2, -0.15) is 0 Å². The van der Waals surface area contributed by atoms with Crippen LogP contribution in [0.25, 0.3) is 11.5 Å². The van der Waals surface area contributed by atoms with Crippen LogP contribution in [-0.2, 0) is 10.0 Å². The summed E-state index contributed by atoms with van der Waals surface area (Å²) < 4.78 is 32.8. The number of amides is 1. The average Bonchev–Trinajstić information content (AvgIpc) is 3.33. The van der Waals surface area contributed by atoms with Gasteiger partial charge in [-0.25, -0.2) is 13.1 Å². The standard InChI is InChI=1S/C15H20N4O4S2/c1-3-10(2)18-25(21,22)12-8-11(9-24-12)13-16-17-14(23-13)15(20)19-6-4-5-7-19/h8-10,18H,3-7H2,1-2H3/t10-/m1/s1. The van der Waals surface area contributed by atoms with Gasteiger partial charge < -0.3 is 9.32 Å². The minimum atomic E-state index is -3.58. The van der Waals surface area contributed by atoms with E-state index in [1.54, 1.807) is 17.2 Å². The highest BCUT2D eigenvalue weighted by Gasteiger charge is 2.26. The Kier molecular flexibility index (Phi) is 5.21. The van der Waals surface area contributed by atoms with Gasteiger partial charge >= 0.3 is 11.8 Å². The van der Waals surface area contributed by atoms with Gasteiger partial charge in [0.25, 0.3) is 0 Å². The van der Waals surface area contributed by atoms with Gasteiger partial charge in [-0.15, -0.1) is 21.5 Å². The molecule has 1 atom stereocenters. The predicted molar refractivity (Wildman–Crippen MR) is 92.8 cm³/mol. The van der Waals surface area contributed by atoms with E-state index < -0.39 is 10.0 Å². The van der Waals surface area contributed by atoms with E-state index in [1.165, 1.54) is 6.07 Å². The molecule has 1 amide bonds. The van der Waals surface area contributed by atoms with Crippen molar-refractivity contribution in [2.75, 3.05) is 13.1 Å². The smallest absolute Gasteiger partial charge is 0.311 e. The number of rotatable bonds is 6. The number of sulfonamides is 1. The van der Waals surface area contributed by atoms with Gasteiger partial charge in [0.2, 0.25) is 15.9 Å². The summed E-state index contributed by atoms with van der Waals surface area (Å²) in [6.07, 6.45) is 2.65. The van der Waals surface area contributed by atoms with Crippen LogP contribution in [-0.4, -0.2) is 48.6 Å². The average molecular weight is 384 g/mol. The maximum absolute atomic E-state index is 12.3. The molecule has 0 aromatic carbocycles. The molecule has 2 aromatic rings. The number of hydrogen-bond acceptors (Lipinski definition) is 7. The number of nitrogens with one attached hydrogen (secondary N) is 1. The molecular formula is C15H20N4O4S2. The monoisotopic (exact) mass is 384 g/mol. The van der Waals surface area contributed by atoms with Crippen LogP contribution in [0.1, 0.15) is 43.8 Å². The molecule has 0 aliphatic carbocycles. The van der Waals surface area contributed by atoms with Gasteiger partial charge in [-0.05, 0) is 32.3 Å². The van der Waals surface area contributed by atoms with Crippen molar-refractivity contribution in [3.8, 4) is 11.5 Å². The van der Waals surface area contributed by atoms with Crippen molar-refractivity contribution in [2.45, 2.75) is 43.4 Å². The van der Waals surface area contributed by atoms with Crippen LogP contribution in [0.2, 0.25) is 0 Å². The van der Waals surface area contributed by atoms with Gasteiger partial charge in [-0.1, -0.05) is 6.92 Å². The largest absolute Gasteiger partial charge is 0.412 e. The first-order chi connectivity index (χ1) is 11.9. The normalized spacial score (nSPS) is 16.3. The van der Waals surface area contributed by atoms with E-state index in [2.05, 4.69) is 14.9 Å². The number of aromatic nitrogens is 2. The van der Waals surface area contributed by atoms with Gasteiger partial charge in [0, 0.05) is 24.5 Å². The molecule has 10 heteroatoms. The molecule has 0 spiro atoms. The lowest BCUT2D eigenvalue weighted by Gasteiger charge is -2.11. The molecule has 0 bridgehead atoms. The number of thiophene rings is 1. The third-order valence-electron chi connectivity index (χ3n) is 4.06. The molecule has 1 aliphatic rings. The summed E-state index contributed by atoms with van der Waals surface area (Å²) in [5.74, 6) is -0.202. The van der Waals surface area contributed by atoms with E-state index in [0.717, 1.165) is 24.2 Å². The molecule has 0 radical (unpaired) electrons. The molecule has 1 fully saturated rings. The summed E-state index contributed by atoms with van der Waals surface area (Å²) in [7, 11) is -3.58. The fourth-order valence-corrected chi connectivity index (χ4v) is 4.95. The zero-order valence-electron chi connectivity index (χ0n) is 14.1. The molecule has 25 heavy (non-hydrogen) atoms. The minimum Gasteiger partial charge on any atom is -0.412 e. The van der Waals surface area contributed by atoms with Crippen LogP contribution in [0.5, 0.6) is 0 Å². The van der Waals surface area contributed by atoms with E-state index in [1.807, 2.05) is 6.92 Å². The molecule has 0 unspecified atom stereocenters. The highest BCUT2D eigenvalue weighted by Crippen LogP contribution is 2.28. The summed E-state index contributed by atoms with van der Waals surface area (Å²) in [6, 6.07) is 1.33. The second kappa shape index (κ2) is 7.22. The van der Waals surface area contributed by atoms with Crippen LogP contribution in [0.15, 0.2) is 20.1 Å². The molecule has 136 valence electrons.